The first kappa shape index (κ1) is 11.2. The van der Waals surface area contributed by atoms with Gasteiger partial charge < -0.3 is 0 Å². The van der Waals surface area contributed by atoms with Gasteiger partial charge in [0, 0.05) is 10.2 Å². The first-order valence-electron chi connectivity index (χ1n) is 6.97. The Bertz CT molecular complexity index is 668. The van der Waals surface area contributed by atoms with Crippen molar-refractivity contribution in [3.63, 3.8) is 0 Å². The lowest BCUT2D eigenvalue weighted by atomic mass is 9.95. The summed E-state index contributed by atoms with van der Waals surface area (Å²) in [7, 11) is 3.86. The lowest BCUT2D eigenvalue weighted by molar-refractivity contribution is 0.911. The van der Waals surface area contributed by atoms with Crippen molar-refractivity contribution in [2.24, 2.45) is 0 Å². The molecule has 0 N–H and O–H groups in total. The summed E-state index contributed by atoms with van der Waals surface area (Å²) in [5, 5.41) is 0. The van der Waals surface area contributed by atoms with Crippen LogP contribution in [0.25, 0.3) is 5.57 Å². The summed E-state index contributed by atoms with van der Waals surface area (Å²) in [5.74, 6) is 0. The van der Waals surface area contributed by atoms with E-state index in [0.717, 1.165) is 0 Å². The van der Waals surface area contributed by atoms with E-state index in [0.29, 0.717) is 5.54 Å². The number of allylic oxidation sites excluding steroid dienone is 1. The van der Waals surface area contributed by atoms with Gasteiger partial charge in [-0.3, -0.25) is 0 Å². The van der Waals surface area contributed by atoms with E-state index in [9.17, 15) is 0 Å². The van der Waals surface area contributed by atoms with E-state index in [2.05, 4.69) is 58.8 Å². The van der Waals surface area contributed by atoms with Gasteiger partial charge in [0.25, 0.3) is 0 Å². The number of rotatable bonds is 1. The molecule has 0 saturated carbocycles. The second-order valence-corrected chi connectivity index (χ2v) is 6.11. The van der Waals surface area contributed by atoms with Gasteiger partial charge in [0.2, 0.25) is 0 Å². The quantitative estimate of drug-likeness (QED) is 0.683. The van der Waals surface area contributed by atoms with Crippen molar-refractivity contribution in [1.82, 2.24) is 0 Å². The maximum absolute atomic E-state index is 3.86. The van der Waals surface area contributed by atoms with Gasteiger partial charge in [0.05, 0.1) is 0 Å². The summed E-state index contributed by atoms with van der Waals surface area (Å²) in [4.78, 5) is 0. The van der Waals surface area contributed by atoms with Crippen molar-refractivity contribution < 1.29 is 0 Å². The molecule has 1 unspecified atom stereocenters. The highest BCUT2D eigenvalue weighted by Crippen LogP contribution is 2.41. The number of hydrogen-bond acceptors (Lipinski definition) is 0. The molecule has 0 aromatic heterocycles. The predicted molar refractivity (Wildman–Crippen MR) is 80.5 cm³/mol. The molecule has 4 rings (SSSR count). The third kappa shape index (κ3) is 1.72. The Labute approximate surface area is 117 Å². The molecule has 2 aliphatic rings. The fourth-order valence-corrected chi connectivity index (χ4v) is 3.75. The average molecular weight is 259 g/mol. The number of aryl methyl sites for hydroxylation is 2. The second kappa shape index (κ2) is 4.21. The smallest absolute Gasteiger partial charge is 0.0388 e. The van der Waals surface area contributed by atoms with Crippen LogP contribution in [0.1, 0.15) is 39.8 Å². The molecule has 0 spiro atoms. The molecule has 2 aromatic rings. The largest absolute Gasteiger partial charge is 0.0721 e. The van der Waals surface area contributed by atoms with Gasteiger partial charge in [-0.25, -0.2) is 0 Å². The zero-order chi connectivity index (χ0) is 12.8. The molecule has 1 atom stereocenters. The normalized spacial score (nSPS) is 20.1. The van der Waals surface area contributed by atoms with Crippen LogP contribution >= 0.6 is 0 Å². The summed E-state index contributed by atoms with van der Waals surface area (Å²) in [6.07, 6.45) is 6.15. The highest BCUT2D eigenvalue weighted by atomic mass is 28.1. The van der Waals surface area contributed by atoms with Crippen molar-refractivity contribution >= 4 is 15.8 Å². The molecular formula is C18H15Si. The summed E-state index contributed by atoms with van der Waals surface area (Å²) in [6.45, 7) is 0. The van der Waals surface area contributed by atoms with E-state index in [-0.39, 0.29) is 0 Å². The Morgan fingerprint density at radius 3 is 2.47 bits per heavy atom. The minimum absolute atomic E-state index is 0.358. The minimum Gasteiger partial charge on any atom is -0.0721 e. The van der Waals surface area contributed by atoms with Crippen LogP contribution in [-0.2, 0) is 12.8 Å². The zero-order valence-corrected chi connectivity index (χ0v) is 11.8. The monoisotopic (exact) mass is 259 g/mol. The molecule has 0 saturated heterocycles. The third-order valence-corrected chi connectivity index (χ3v) is 4.79. The first-order chi connectivity index (χ1) is 9.33. The van der Waals surface area contributed by atoms with Gasteiger partial charge in [-0.2, -0.15) is 0 Å². The van der Waals surface area contributed by atoms with Crippen molar-refractivity contribution in [1.29, 1.82) is 0 Å². The summed E-state index contributed by atoms with van der Waals surface area (Å²) in [6, 6.07) is 15.6. The van der Waals surface area contributed by atoms with Crippen LogP contribution in [-0.4, -0.2) is 10.2 Å². The van der Waals surface area contributed by atoms with E-state index in [1.54, 1.807) is 11.1 Å². The Balaban J connectivity index is 1.89. The van der Waals surface area contributed by atoms with Gasteiger partial charge in [0.1, 0.15) is 0 Å². The van der Waals surface area contributed by atoms with Gasteiger partial charge in [-0.1, -0.05) is 48.5 Å². The number of fused-ring (bicyclic) bond motifs is 2. The molecule has 19 heavy (non-hydrogen) atoms. The van der Waals surface area contributed by atoms with Crippen LogP contribution in [0.3, 0.4) is 0 Å². The fraction of sp³-hybridized carbons (Fsp3) is 0.222. The molecule has 0 fully saturated rings. The maximum atomic E-state index is 3.86. The van der Waals surface area contributed by atoms with E-state index >= 15 is 0 Å². The topological polar surface area (TPSA) is 0 Å². The number of benzene rings is 2. The van der Waals surface area contributed by atoms with Crippen LogP contribution in [0.4, 0.5) is 0 Å². The van der Waals surface area contributed by atoms with E-state index in [1.807, 2.05) is 0 Å². The maximum Gasteiger partial charge on any atom is 0.0388 e. The summed E-state index contributed by atoms with van der Waals surface area (Å²) in [5.41, 5.74) is 9.04. The van der Waals surface area contributed by atoms with Crippen molar-refractivity contribution in [2.75, 3.05) is 0 Å². The third-order valence-electron chi connectivity index (χ3n) is 4.31. The van der Waals surface area contributed by atoms with Crippen LogP contribution in [0, 0.1) is 0 Å². The van der Waals surface area contributed by atoms with Crippen LogP contribution in [0.5, 0.6) is 0 Å². The van der Waals surface area contributed by atoms with Crippen molar-refractivity contribution in [3.8, 4) is 0 Å². The van der Waals surface area contributed by atoms with Gasteiger partial charge >= 0.3 is 0 Å². The molecule has 0 bridgehead atoms. The predicted octanol–water partition coefficient (Wildman–Crippen LogP) is 3.83. The first-order valence-corrected chi connectivity index (χ1v) is 7.55. The molecule has 3 radical (unpaired) electrons. The van der Waals surface area contributed by atoms with Crippen molar-refractivity contribution in [3.05, 3.63) is 76.4 Å². The van der Waals surface area contributed by atoms with Gasteiger partial charge in [0.15, 0.2) is 0 Å². The Morgan fingerprint density at radius 1 is 0.947 bits per heavy atom. The van der Waals surface area contributed by atoms with Crippen LogP contribution in [0.2, 0.25) is 0 Å². The fourth-order valence-electron chi connectivity index (χ4n) is 3.35. The molecule has 0 nitrogen and oxygen atoms in total. The molecule has 0 amide bonds. The molecule has 91 valence electrons. The summed E-state index contributed by atoms with van der Waals surface area (Å²) < 4.78 is 0. The minimum atomic E-state index is 0.358. The zero-order valence-electron chi connectivity index (χ0n) is 10.8. The van der Waals surface area contributed by atoms with Crippen LogP contribution in [0.15, 0.2) is 48.5 Å². The lowest BCUT2D eigenvalue weighted by Crippen LogP contribution is -1.95. The molecule has 2 aliphatic carbocycles. The molecule has 0 heterocycles. The Kier molecular flexibility index (Phi) is 2.49. The standard InChI is InChI=1S/C18H15Si/c19-18-11-15(12-5-2-1-3-6-12)16-9-13-7-4-8-14(13)10-17(16)18/h1-3,5-6,9-11,18H,4,7-8H2. The SMILES string of the molecule is [Si]C1C=C(c2ccccc2)c2cc3c(cc21)CCC3. The molecule has 0 aliphatic heterocycles. The summed E-state index contributed by atoms with van der Waals surface area (Å²) >= 11 is 0. The highest BCUT2D eigenvalue weighted by Gasteiger charge is 2.24. The Morgan fingerprint density at radius 2 is 1.68 bits per heavy atom. The van der Waals surface area contributed by atoms with Crippen molar-refractivity contribution in [2.45, 2.75) is 24.8 Å². The van der Waals surface area contributed by atoms with Crippen LogP contribution < -0.4 is 0 Å². The molecular weight excluding hydrogens is 244 g/mol. The Hall–Kier alpha value is -1.60. The molecule has 1 heteroatoms. The average Bonchev–Trinajstić information content (AvgIpc) is 3.02. The van der Waals surface area contributed by atoms with E-state index < -0.39 is 0 Å². The van der Waals surface area contributed by atoms with E-state index in [1.165, 1.54) is 41.5 Å². The molecule has 2 aromatic carbocycles. The van der Waals surface area contributed by atoms with Gasteiger partial charge in [-0.05, 0) is 58.2 Å². The number of hydrogen-bond donors (Lipinski definition) is 0. The second-order valence-electron chi connectivity index (χ2n) is 5.49. The van der Waals surface area contributed by atoms with E-state index in [4.69, 9.17) is 0 Å². The highest BCUT2D eigenvalue weighted by molar-refractivity contribution is 6.16. The van der Waals surface area contributed by atoms with Gasteiger partial charge in [-0.15, -0.1) is 0 Å². The lowest BCUT2D eigenvalue weighted by Gasteiger charge is -2.10.